The standard InChI is InChI=1S/C12H13ClN2/c1-9-10(2)15(8-14-9)7-11-3-5-12(13)6-4-11/h3-6,8H,7H2,1-2H3. The summed E-state index contributed by atoms with van der Waals surface area (Å²) in [5.41, 5.74) is 3.54. The molecule has 0 aliphatic carbocycles. The molecule has 0 aliphatic rings. The predicted octanol–water partition coefficient (Wildman–Crippen LogP) is 3.20. The van der Waals surface area contributed by atoms with Crippen LogP contribution in [0.3, 0.4) is 0 Å². The van der Waals surface area contributed by atoms with Crippen molar-refractivity contribution in [3.63, 3.8) is 0 Å². The first-order valence-corrected chi connectivity index (χ1v) is 5.27. The van der Waals surface area contributed by atoms with E-state index >= 15 is 0 Å². The zero-order valence-electron chi connectivity index (χ0n) is 8.87. The van der Waals surface area contributed by atoms with Gasteiger partial charge < -0.3 is 4.57 Å². The Kier molecular flexibility index (Phi) is 2.78. The highest BCUT2D eigenvalue weighted by Crippen LogP contribution is 2.12. The van der Waals surface area contributed by atoms with Gasteiger partial charge in [-0.15, -0.1) is 0 Å². The van der Waals surface area contributed by atoms with Gasteiger partial charge in [-0.05, 0) is 31.5 Å². The molecular formula is C12H13ClN2. The maximum atomic E-state index is 5.83. The lowest BCUT2D eigenvalue weighted by atomic mass is 10.2. The van der Waals surface area contributed by atoms with Crippen molar-refractivity contribution in [3.8, 4) is 0 Å². The van der Waals surface area contributed by atoms with E-state index in [9.17, 15) is 0 Å². The van der Waals surface area contributed by atoms with Gasteiger partial charge >= 0.3 is 0 Å². The Morgan fingerprint density at radius 1 is 1.20 bits per heavy atom. The fourth-order valence-corrected chi connectivity index (χ4v) is 1.62. The molecule has 0 atom stereocenters. The number of halogens is 1. The van der Waals surface area contributed by atoms with Crippen LogP contribution in [-0.4, -0.2) is 9.55 Å². The number of aromatic nitrogens is 2. The lowest BCUT2D eigenvalue weighted by Gasteiger charge is -2.05. The van der Waals surface area contributed by atoms with Gasteiger partial charge in [0.05, 0.1) is 12.0 Å². The van der Waals surface area contributed by atoms with Crippen molar-refractivity contribution < 1.29 is 0 Å². The number of aryl methyl sites for hydroxylation is 1. The van der Waals surface area contributed by atoms with E-state index in [2.05, 4.69) is 16.5 Å². The van der Waals surface area contributed by atoms with Crippen LogP contribution in [0.4, 0.5) is 0 Å². The number of imidazole rings is 1. The molecule has 3 heteroatoms. The van der Waals surface area contributed by atoms with Crippen molar-refractivity contribution in [1.29, 1.82) is 0 Å². The predicted molar refractivity (Wildman–Crippen MR) is 62.3 cm³/mol. The Morgan fingerprint density at radius 3 is 2.40 bits per heavy atom. The second-order valence-electron chi connectivity index (χ2n) is 3.67. The molecule has 0 unspecified atom stereocenters. The summed E-state index contributed by atoms with van der Waals surface area (Å²) in [6.45, 7) is 4.95. The van der Waals surface area contributed by atoms with E-state index in [4.69, 9.17) is 11.6 Å². The summed E-state index contributed by atoms with van der Waals surface area (Å²) >= 11 is 5.83. The van der Waals surface area contributed by atoms with Gasteiger partial charge in [0.25, 0.3) is 0 Å². The first-order chi connectivity index (χ1) is 7.16. The number of benzene rings is 1. The maximum Gasteiger partial charge on any atom is 0.0954 e. The van der Waals surface area contributed by atoms with E-state index in [-0.39, 0.29) is 0 Å². The average molecular weight is 221 g/mol. The number of nitrogens with zero attached hydrogens (tertiary/aromatic N) is 2. The number of hydrogen-bond donors (Lipinski definition) is 0. The zero-order valence-corrected chi connectivity index (χ0v) is 9.62. The summed E-state index contributed by atoms with van der Waals surface area (Å²) in [4.78, 5) is 4.27. The van der Waals surface area contributed by atoms with Crippen LogP contribution >= 0.6 is 11.6 Å². The maximum absolute atomic E-state index is 5.83. The van der Waals surface area contributed by atoms with Gasteiger partial charge in [0, 0.05) is 17.3 Å². The van der Waals surface area contributed by atoms with E-state index < -0.39 is 0 Å². The van der Waals surface area contributed by atoms with E-state index in [0.717, 1.165) is 17.3 Å². The third kappa shape index (κ3) is 2.21. The van der Waals surface area contributed by atoms with Crippen molar-refractivity contribution in [2.24, 2.45) is 0 Å². The summed E-state index contributed by atoms with van der Waals surface area (Å²) in [7, 11) is 0. The largest absolute Gasteiger partial charge is 0.330 e. The molecular weight excluding hydrogens is 208 g/mol. The van der Waals surface area contributed by atoms with Crippen LogP contribution < -0.4 is 0 Å². The molecule has 2 aromatic rings. The van der Waals surface area contributed by atoms with Crippen molar-refractivity contribution >= 4 is 11.6 Å². The molecule has 2 nitrogen and oxygen atoms in total. The lowest BCUT2D eigenvalue weighted by molar-refractivity contribution is 0.769. The molecule has 78 valence electrons. The van der Waals surface area contributed by atoms with Crippen LogP contribution in [0.25, 0.3) is 0 Å². The van der Waals surface area contributed by atoms with Crippen LogP contribution in [-0.2, 0) is 6.54 Å². The van der Waals surface area contributed by atoms with Gasteiger partial charge in [0.15, 0.2) is 0 Å². The molecule has 1 aromatic heterocycles. The summed E-state index contributed by atoms with van der Waals surface area (Å²) in [6, 6.07) is 7.90. The molecule has 1 aromatic carbocycles. The molecule has 0 aliphatic heterocycles. The molecule has 0 N–H and O–H groups in total. The highest BCUT2D eigenvalue weighted by atomic mass is 35.5. The zero-order chi connectivity index (χ0) is 10.8. The van der Waals surface area contributed by atoms with E-state index in [1.165, 1.54) is 11.3 Å². The minimum atomic E-state index is 0.775. The van der Waals surface area contributed by atoms with Crippen molar-refractivity contribution in [1.82, 2.24) is 9.55 Å². The Balaban J connectivity index is 2.22. The van der Waals surface area contributed by atoms with Crippen LogP contribution in [0.5, 0.6) is 0 Å². The second-order valence-corrected chi connectivity index (χ2v) is 4.11. The Morgan fingerprint density at radius 2 is 1.87 bits per heavy atom. The third-order valence-corrected chi connectivity index (χ3v) is 2.86. The minimum absolute atomic E-state index is 0.775. The second kappa shape index (κ2) is 4.07. The van der Waals surface area contributed by atoms with Gasteiger partial charge in [-0.3, -0.25) is 0 Å². The first kappa shape index (κ1) is 10.2. The van der Waals surface area contributed by atoms with Gasteiger partial charge in [-0.2, -0.15) is 0 Å². The fraction of sp³-hybridized carbons (Fsp3) is 0.250. The fourth-order valence-electron chi connectivity index (χ4n) is 1.49. The van der Waals surface area contributed by atoms with Crippen LogP contribution in [0.1, 0.15) is 17.0 Å². The number of hydrogen-bond acceptors (Lipinski definition) is 1. The highest BCUT2D eigenvalue weighted by Gasteiger charge is 2.02. The van der Waals surface area contributed by atoms with Crippen molar-refractivity contribution in [2.75, 3.05) is 0 Å². The molecule has 2 rings (SSSR count). The summed E-state index contributed by atoms with van der Waals surface area (Å²) < 4.78 is 2.14. The summed E-state index contributed by atoms with van der Waals surface area (Å²) in [5, 5.41) is 0.775. The Hall–Kier alpha value is -1.28. The van der Waals surface area contributed by atoms with Gasteiger partial charge in [-0.25, -0.2) is 4.98 Å². The lowest BCUT2D eigenvalue weighted by Crippen LogP contribution is -2.00. The van der Waals surface area contributed by atoms with E-state index in [1.54, 1.807) is 0 Å². The summed E-state index contributed by atoms with van der Waals surface area (Å²) in [5.74, 6) is 0. The van der Waals surface area contributed by atoms with Gasteiger partial charge in [0.1, 0.15) is 0 Å². The average Bonchev–Trinajstić information content (AvgIpc) is 2.53. The molecule has 0 radical (unpaired) electrons. The quantitative estimate of drug-likeness (QED) is 0.760. The van der Waals surface area contributed by atoms with Crippen molar-refractivity contribution in [3.05, 3.63) is 52.6 Å². The Labute approximate surface area is 94.5 Å². The Bertz CT molecular complexity index is 457. The topological polar surface area (TPSA) is 17.8 Å². The molecule has 0 saturated carbocycles. The van der Waals surface area contributed by atoms with Crippen LogP contribution in [0.2, 0.25) is 5.02 Å². The molecule has 0 bridgehead atoms. The summed E-state index contributed by atoms with van der Waals surface area (Å²) in [6.07, 6.45) is 1.87. The third-order valence-electron chi connectivity index (χ3n) is 2.61. The van der Waals surface area contributed by atoms with Gasteiger partial charge in [-0.1, -0.05) is 23.7 Å². The minimum Gasteiger partial charge on any atom is -0.330 e. The number of rotatable bonds is 2. The molecule has 15 heavy (non-hydrogen) atoms. The van der Waals surface area contributed by atoms with Crippen LogP contribution in [0.15, 0.2) is 30.6 Å². The molecule has 0 spiro atoms. The van der Waals surface area contributed by atoms with E-state index in [1.807, 2.05) is 37.5 Å². The molecule has 0 saturated heterocycles. The molecule has 0 amide bonds. The van der Waals surface area contributed by atoms with Crippen LogP contribution in [0, 0.1) is 13.8 Å². The van der Waals surface area contributed by atoms with Crippen molar-refractivity contribution in [2.45, 2.75) is 20.4 Å². The SMILES string of the molecule is Cc1ncn(Cc2ccc(Cl)cc2)c1C. The molecule has 1 heterocycles. The normalized spacial score (nSPS) is 10.6. The first-order valence-electron chi connectivity index (χ1n) is 4.89. The molecule has 0 fully saturated rings. The smallest absolute Gasteiger partial charge is 0.0954 e. The van der Waals surface area contributed by atoms with E-state index in [0.29, 0.717) is 0 Å². The highest BCUT2D eigenvalue weighted by molar-refractivity contribution is 6.30. The monoisotopic (exact) mass is 220 g/mol. The van der Waals surface area contributed by atoms with Gasteiger partial charge in [0.2, 0.25) is 0 Å².